The van der Waals surface area contributed by atoms with Gasteiger partial charge in [-0.05, 0) is 16.7 Å². The van der Waals surface area contributed by atoms with Crippen LogP contribution in [0.25, 0.3) is 11.0 Å². The van der Waals surface area contributed by atoms with Crippen LogP contribution in [0.3, 0.4) is 0 Å². The van der Waals surface area contributed by atoms with Gasteiger partial charge < -0.3 is 15.6 Å². The maximum absolute atomic E-state index is 13.1. The summed E-state index contributed by atoms with van der Waals surface area (Å²) in [6, 6.07) is 30.2. The van der Waals surface area contributed by atoms with E-state index in [1.54, 1.807) is 6.20 Å². The number of aromatic nitrogens is 3. The molecule has 0 fully saturated rings. The Hall–Kier alpha value is -4.65. The Morgan fingerprint density at radius 1 is 0.824 bits per heavy atom. The third-order valence-corrected chi connectivity index (χ3v) is 5.93. The van der Waals surface area contributed by atoms with Crippen LogP contribution in [0.2, 0.25) is 0 Å². The second-order valence-corrected chi connectivity index (χ2v) is 7.92. The SMILES string of the molecule is O=CNCc1c[nH]c2nc(NC(c3ccccc3)(c3ccccc3)c3ccccc3)[nH]c(=O)c12. The lowest BCUT2D eigenvalue weighted by Crippen LogP contribution is -2.39. The maximum Gasteiger partial charge on any atom is 0.262 e. The first kappa shape index (κ1) is 21.2. The summed E-state index contributed by atoms with van der Waals surface area (Å²) in [6.45, 7) is 0.239. The molecule has 0 saturated carbocycles. The second-order valence-electron chi connectivity index (χ2n) is 7.92. The number of nitrogens with one attached hydrogen (secondary N) is 4. The van der Waals surface area contributed by atoms with Gasteiger partial charge in [-0.1, -0.05) is 91.0 Å². The molecule has 7 nitrogen and oxygen atoms in total. The standard InChI is InChI=1S/C27H23N5O2/c33-18-28-16-19-17-29-24-23(19)25(34)31-26(30-24)32-27(20-10-4-1-5-11-20,21-12-6-2-7-13-21)22-14-8-3-9-15-22/h1-15,17-18H,16H2,(H,28,33)(H3,29,30,31,32,34). The van der Waals surface area contributed by atoms with Crippen molar-refractivity contribution in [3.63, 3.8) is 0 Å². The number of hydrogen-bond acceptors (Lipinski definition) is 4. The average molecular weight is 450 g/mol. The first-order valence-electron chi connectivity index (χ1n) is 10.9. The predicted octanol–water partition coefficient (Wildman–Crippen LogP) is 3.90. The van der Waals surface area contributed by atoms with E-state index in [1.807, 2.05) is 54.6 Å². The molecular weight excluding hydrogens is 426 g/mol. The quantitative estimate of drug-likeness (QED) is 0.213. The Morgan fingerprint density at radius 2 is 1.35 bits per heavy atom. The van der Waals surface area contributed by atoms with Crippen molar-refractivity contribution in [2.45, 2.75) is 12.1 Å². The van der Waals surface area contributed by atoms with Crippen LogP contribution < -0.4 is 16.2 Å². The van der Waals surface area contributed by atoms with E-state index < -0.39 is 5.54 Å². The molecule has 5 rings (SSSR count). The number of carbonyl (C=O) groups excluding carboxylic acids is 1. The summed E-state index contributed by atoms with van der Waals surface area (Å²) in [5.41, 5.74) is 2.99. The number of carbonyl (C=O) groups is 1. The van der Waals surface area contributed by atoms with Crippen LogP contribution >= 0.6 is 0 Å². The van der Waals surface area contributed by atoms with Crippen molar-refractivity contribution in [3.05, 3.63) is 130 Å². The van der Waals surface area contributed by atoms with Gasteiger partial charge in [-0.2, -0.15) is 4.98 Å². The lowest BCUT2D eigenvalue weighted by molar-refractivity contribution is -0.109. The smallest absolute Gasteiger partial charge is 0.262 e. The van der Waals surface area contributed by atoms with E-state index >= 15 is 0 Å². The van der Waals surface area contributed by atoms with E-state index in [1.165, 1.54) is 0 Å². The van der Waals surface area contributed by atoms with E-state index in [2.05, 4.69) is 62.0 Å². The Morgan fingerprint density at radius 3 is 1.85 bits per heavy atom. The van der Waals surface area contributed by atoms with Crippen LogP contribution in [-0.2, 0) is 16.9 Å². The van der Waals surface area contributed by atoms with Gasteiger partial charge in [-0.3, -0.25) is 14.6 Å². The zero-order valence-electron chi connectivity index (χ0n) is 18.3. The fraction of sp³-hybridized carbons (Fsp3) is 0.0741. The molecule has 2 aromatic heterocycles. The first-order valence-corrected chi connectivity index (χ1v) is 10.9. The molecule has 2 heterocycles. The van der Waals surface area contributed by atoms with Gasteiger partial charge in [0.1, 0.15) is 11.2 Å². The minimum atomic E-state index is -0.818. The summed E-state index contributed by atoms with van der Waals surface area (Å²) in [6.07, 6.45) is 2.29. The molecule has 0 saturated heterocycles. The number of benzene rings is 3. The predicted molar refractivity (Wildman–Crippen MR) is 132 cm³/mol. The third-order valence-electron chi connectivity index (χ3n) is 5.93. The lowest BCUT2D eigenvalue weighted by atomic mass is 9.77. The van der Waals surface area contributed by atoms with Crippen LogP contribution in [0.1, 0.15) is 22.3 Å². The molecule has 34 heavy (non-hydrogen) atoms. The Labute approximate surface area is 195 Å². The van der Waals surface area contributed by atoms with Crippen molar-refractivity contribution in [1.29, 1.82) is 0 Å². The molecule has 1 amide bonds. The van der Waals surface area contributed by atoms with Gasteiger partial charge in [-0.25, -0.2) is 0 Å². The molecule has 0 aliphatic heterocycles. The van der Waals surface area contributed by atoms with Gasteiger partial charge in [0, 0.05) is 18.3 Å². The summed E-state index contributed by atoms with van der Waals surface area (Å²) < 4.78 is 0. The molecule has 168 valence electrons. The lowest BCUT2D eigenvalue weighted by Gasteiger charge is -2.37. The summed E-state index contributed by atoms with van der Waals surface area (Å²) in [7, 11) is 0. The molecule has 0 spiro atoms. The zero-order valence-corrected chi connectivity index (χ0v) is 18.3. The number of H-pyrrole nitrogens is 2. The fourth-order valence-corrected chi connectivity index (χ4v) is 4.41. The molecule has 0 atom stereocenters. The third kappa shape index (κ3) is 3.73. The minimum absolute atomic E-state index is 0.239. The topological polar surface area (TPSA) is 103 Å². The zero-order chi connectivity index (χ0) is 23.4. The minimum Gasteiger partial charge on any atom is -0.355 e. The van der Waals surface area contributed by atoms with Crippen LogP contribution in [-0.4, -0.2) is 21.4 Å². The van der Waals surface area contributed by atoms with Gasteiger partial charge in [0.05, 0.1) is 5.39 Å². The number of aromatic amines is 2. The van der Waals surface area contributed by atoms with E-state index in [0.717, 1.165) is 16.7 Å². The van der Waals surface area contributed by atoms with Crippen LogP contribution in [0.15, 0.2) is 102 Å². The monoisotopic (exact) mass is 449 g/mol. The van der Waals surface area contributed by atoms with Crippen molar-refractivity contribution in [2.75, 3.05) is 5.32 Å². The normalized spacial score (nSPS) is 11.3. The molecule has 5 aromatic rings. The van der Waals surface area contributed by atoms with Crippen molar-refractivity contribution >= 4 is 23.4 Å². The number of anilines is 1. The van der Waals surface area contributed by atoms with Crippen molar-refractivity contribution in [1.82, 2.24) is 20.3 Å². The molecular formula is C27H23N5O2. The van der Waals surface area contributed by atoms with Gasteiger partial charge in [0.15, 0.2) is 0 Å². The van der Waals surface area contributed by atoms with Crippen molar-refractivity contribution in [2.24, 2.45) is 0 Å². The molecule has 3 aromatic carbocycles. The average Bonchev–Trinajstić information content (AvgIpc) is 3.31. The van der Waals surface area contributed by atoms with E-state index in [4.69, 9.17) is 0 Å². The van der Waals surface area contributed by atoms with E-state index in [-0.39, 0.29) is 12.1 Å². The Balaban J connectivity index is 1.71. The molecule has 0 unspecified atom stereocenters. The maximum atomic E-state index is 13.1. The molecule has 0 aliphatic carbocycles. The highest BCUT2D eigenvalue weighted by Gasteiger charge is 2.37. The van der Waals surface area contributed by atoms with Gasteiger partial charge >= 0.3 is 0 Å². The van der Waals surface area contributed by atoms with E-state index in [9.17, 15) is 9.59 Å². The summed E-state index contributed by atoms with van der Waals surface area (Å²) in [5, 5.41) is 6.58. The highest BCUT2D eigenvalue weighted by molar-refractivity contribution is 5.80. The molecule has 0 radical (unpaired) electrons. The summed E-state index contributed by atoms with van der Waals surface area (Å²) in [5.74, 6) is 0.325. The second kappa shape index (κ2) is 9.07. The fourth-order valence-electron chi connectivity index (χ4n) is 4.41. The number of hydrogen-bond donors (Lipinski definition) is 4. The Kier molecular flexibility index (Phi) is 5.66. The number of amides is 1. The summed E-state index contributed by atoms with van der Waals surface area (Å²) >= 11 is 0. The number of fused-ring (bicyclic) bond motifs is 1. The highest BCUT2D eigenvalue weighted by atomic mass is 16.1. The molecule has 4 N–H and O–H groups in total. The van der Waals surface area contributed by atoms with Crippen LogP contribution in [0, 0.1) is 0 Å². The number of nitrogens with zero attached hydrogens (tertiary/aromatic N) is 1. The van der Waals surface area contributed by atoms with Gasteiger partial charge in [0.25, 0.3) is 5.56 Å². The Bertz CT molecular complexity index is 1360. The van der Waals surface area contributed by atoms with Gasteiger partial charge in [0.2, 0.25) is 12.4 Å². The highest BCUT2D eigenvalue weighted by Crippen LogP contribution is 2.39. The van der Waals surface area contributed by atoms with E-state index in [0.29, 0.717) is 29.0 Å². The van der Waals surface area contributed by atoms with Gasteiger partial charge in [-0.15, -0.1) is 0 Å². The summed E-state index contributed by atoms with van der Waals surface area (Å²) in [4.78, 5) is 34.4. The molecule has 7 heteroatoms. The van der Waals surface area contributed by atoms with Crippen LogP contribution in [0.5, 0.6) is 0 Å². The number of rotatable bonds is 8. The van der Waals surface area contributed by atoms with Crippen molar-refractivity contribution < 1.29 is 4.79 Å². The van der Waals surface area contributed by atoms with Crippen molar-refractivity contribution in [3.8, 4) is 0 Å². The largest absolute Gasteiger partial charge is 0.355 e. The van der Waals surface area contributed by atoms with Crippen LogP contribution in [0.4, 0.5) is 5.95 Å². The first-order chi connectivity index (χ1) is 16.7. The molecule has 0 bridgehead atoms. The molecule has 0 aliphatic rings.